The number of esters is 1. The van der Waals surface area contributed by atoms with Gasteiger partial charge >= 0.3 is 5.97 Å². The molecule has 7 nitrogen and oxygen atoms in total. The van der Waals surface area contributed by atoms with Crippen LogP contribution in [0.3, 0.4) is 0 Å². The van der Waals surface area contributed by atoms with Gasteiger partial charge in [0.2, 0.25) is 17.4 Å². The largest absolute Gasteiger partial charge is 0.464 e. The van der Waals surface area contributed by atoms with E-state index in [1.165, 1.54) is 18.3 Å². The highest BCUT2D eigenvalue weighted by Gasteiger charge is 2.71. The fraction of sp³-hybridized carbons (Fsp3) is 0.350. The van der Waals surface area contributed by atoms with Crippen LogP contribution in [0.1, 0.15) is 24.3 Å². The van der Waals surface area contributed by atoms with Gasteiger partial charge in [0, 0.05) is 6.92 Å². The van der Waals surface area contributed by atoms with Gasteiger partial charge in [0.25, 0.3) is 0 Å². The molecule has 0 spiro atoms. The summed E-state index contributed by atoms with van der Waals surface area (Å²) in [7, 11) is 1.29. The molecule has 0 saturated carbocycles. The van der Waals surface area contributed by atoms with Crippen molar-refractivity contribution in [1.29, 1.82) is 0 Å². The first-order chi connectivity index (χ1) is 12.9. The number of aryl methyl sites for hydroxylation is 1. The van der Waals surface area contributed by atoms with Crippen LogP contribution in [-0.4, -0.2) is 30.4 Å². The highest BCUT2D eigenvalue weighted by Crippen LogP contribution is 2.45. The number of nitrogens with zero attached hydrogens (tertiary/aromatic N) is 1. The molecule has 7 heteroatoms. The molecule has 0 bridgehead atoms. The average Bonchev–Trinajstić information content (AvgIpc) is 3.34. The van der Waals surface area contributed by atoms with Crippen LogP contribution >= 0.6 is 0 Å². The Morgan fingerprint density at radius 2 is 1.89 bits per heavy atom. The van der Waals surface area contributed by atoms with Crippen LogP contribution in [0.5, 0.6) is 0 Å². The van der Waals surface area contributed by atoms with Crippen LogP contribution in [0.2, 0.25) is 0 Å². The lowest BCUT2D eigenvalue weighted by molar-refractivity contribution is -0.732. The number of carbonyl (C=O) groups excluding carboxylic acids is 3. The molecular formula is C20H21N2O5+. The molecule has 2 aromatic rings. The second-order valence-corrected chi connectivity index (χ2v) is 7.33. The highest BCUT2D eigenvalue weighted by atomic mass is 16.5. The Kier molecular flexibility index (Phi) is 3.92. The maximum Gasteiger partial charge on any atom is 0.368 e. The summed E-state index contributed by atoms with van der Waals surface area (Å²) in [5.74, 6) is -2.20. The number of carbonyl (C=O) groups is 3. The van der Waals surface area contributed by atoms with Gasteiger partial charge in [-0.25, -0.2) is 9.69 Å². The number of benzene rings is 1. The van der Waals surface area contributed by atoms with E-state index in [1.54, 1.807) is 36.5 Å². The Hall–Kier alpha value is -2.93. The van der Waals surface area contributed by atoms with Crippen LogP contribution in [-0.2, 0) is 19.1 Å². The van der Waals surface area contributed by atoms with Crippen molar-refractivity contribution in [2.45, 2.75) is 25.4 Å². The summed E-state index contributed by atoms with van der Waals surface area (Å²) in [4.78, 5) is 40.3. The summed E-state index contributed by atoms with van der Waals surface area (Å²) in [6, 6.07) is 10.2. The first kappa shape index (κ1) is 17.5. The van der Waals surface area contributed by atoms with E-state index in [1.807, 2.05) is 19.1 Å². The van der Waals surface area contributed by atoms with Gasteiger partial charge in [-0.05, 0) is 31.2 Å². The van der Waals surface area contributed by atoms with Gasteiger partial charge in [-0.15, -0.1) is 0 Å². The van der Waals surface area contributed by atoms with Crippen molar-refractivity contribution in [2.75, 3.05) is 12.0 Å². The predicted molar refractivity (Wildman–Crippen MR) is 94.4 cm³/mol. The maximum atomic E-state index is 13.3. The number of hydrogen-bond donors (Lipinski definition) is 1. The molecule has 1 aromatic carbocycles. The molecule has 140 valence electrons. The van der Waals surface area contributed by atoms with Gasteiger partial charge in [-0.1, -0.05) is 17.7 Å². The zero-order valence-electron chi connectivity index (χ0n) is 15.3. The predicted octanol–water partition coefficient (Wildman–Crippen LogP) is 0.944. The zero-order valence-corrected chi connectivity index (χ0v) is 15.3. The third-order valence-corrected chi connectivity index (χ3v) is 5.70. The van der Waals surface area contributed by atoms with Crippen LogP contribution in [0.25, 0.3) is 0 Å². The smallest absolute Gasteiger partial charge is 0.368 e. The number of furan rings is 1. The molecule has 2 amide bonds. The van der Waals surface area contributed by atoms with E-state index in [-0.39, 0.29) is 11.8 Å². The van der Waals surface area contributed by atoms with Crippen molar-refractivity contribution in [3.63, 3.8) is 0 Å². The minimum absolute atomic E-state index is 0.320. The highest BCUT2D eigenvalue weighted by molar-refractivity contribution is 6.23. The number of amides is 2. The summed E-state index contributed by atoms with van der Waals surface area (Å²) in [6.45, 7) is 3.59. The first-order valence-electron chi connectivity index (χ1n) is 8.81. The second kappa shape index (κ2) is 6.06. The molecule has 0 unspecified atom stereocenters. The van der Waals surface area contributed by atoms with E-state index in [0.29, 0.717) is 11.4 Å². The molecule has 4 atom stereocenters. The second-order valence-electron chi connectivity index (χ2n) is 7.33. The summed E-state index contributed by atoms with van der Waals surface area (Å²) in [6.07, 6.45) is 1.52. The van der Waals surface area contributed by atoms with Crippen LogP contribution in [0.15, 0.2) is 47.1 Å². The van der Waals surface area contributed by atoms with Gasteiger partial charge in [-0.2, -0.15) is 0 Å². The van der Waals surface area contributed by atoms with Crippen molar-refractivity contribution in [1.82, 2.24) is 0 Å². The van der Waals surface area contributed by atoms with Gasteiger partial charge in [0.15, 0.2) is 11.8 Å². The average molecular weight is 369 g/mol. The zero-order chi connectivity index (χ0) is 19.3. The molecule has 3 heterocycles. The Labute approximate surface area is 156 Å². The van der Waals surface area contributed by atoms with Crippen LogP contribution < -0.4 is 10.2 Å². The lowest BCUT2D eigenvalue weighted by atomic mass is 9.81. The van der Waals surface area contributed by atoms with Crippen LogP contribution in [0.4, 0.5) is 5.69 Å². The van der Waals surface area contributed by atoms with Crippen molar-refractivity contribution >= 4 is 23.5 Å². The van der Waals surface area contributed by atoms with E-state index < -0.39 is 29.4 Å². The first-order valence-corrected chi connectivity index (χ1v) is 8.81. The van der Waals surface area contributed by atoms with Gasteiger partial charge in [0.05, 0.1) is 19.1 Å². The topological polar surface area (TPSA) is 93.4 Å². The molecule has 2 fully saturated rings. The van der Waals surface area contributed by atoms with Crippen molar-refractivity contribution in [3.05, 3.63) is 54.0 Å². The van der Waals surface area contributed by atoms with Crippen molar-refractivity contribution in [2.24, 2.45) is 11.8 Å². The molecule has 2 aliphatic rings. The van der Waals surface area contributed by atoms with Gasteiger partial charge < -0.3 is 14.5 Å². The number of ether oxygens (including phenoxy) is 1. The third-order valence-electron chi connectivity index (χ3n) is 5.70. The molecule has 4 rings (SSSR count). The normalized spacial score (nSPS) is 29.9. The van der Waals surface area contributed by atoms with Crippen molar-refractivity contribution < 1.29 is 28.9 Å². The molecule has 2 aliphatic heterocycles. The molecular weight excluding hydrogens is 348 g/mol. The van der Waals surface area contributed by atoms with Crippen LogP contribution in [0, 0.1) is 18.8 Å². The Bertz CT molecular complexity index is 905. The number of imide groups is 1. The monoisotopic (exact) mass is 369 g/mol. The Morgan fingerprint density at radius 1 is 1.19 bits per heavy atom. The Morgan fingerprint density at radius 3 is 2.48 bits per heavy atom. The Balaban J connectivity index is 1.81. The molecule has 27 heavy (non-hydrogen) atoms. The van der Waals surface area contributed by atoms with E-state index >= 15 is 0 Å². The number of methoxy groups -OCH3 is 1. The van der Waals surface area contributed by atoms with E-state index in [2.05, 4.69) is 0 Å². The van der Waals surface area contributed by atoms with Crippen molar-refractivity contribution in [3.8, 4) is 0 Å². The molecule has 0 radical (unpaired) electrons. The standard InChI is InChI=1S/C20H20N2O5/c1-11-6-8-12(9-7-11)22-17(23)14-15(18(22)24)20(2,19(25)26-3)21-16(14)13-5-4-10-27-13/h4-10,14-16,21H,1-3H3/p+1/t14-,15+,16+,20+/m0/s1. The minimum atomic E-state index is -1.21. The SMILES string of the molecule is COC(=O)[C@]1(C)[NH2+][C@H](c2ccco2)[C@H]2C(=O)N(c3ccc(C)cc3)C(=O)[C@@H]21. The minimum Gasteiger partial charge on any atom is -0.464 e. The molecule has 1 aromatic heterocycles. The quantitative estimate of drug-likeness (QED) is 0.642. The fourth-order valence-electron chi connectivity index (χ4n) is 4.37. The lowest BCUT2D eigenvalue weighted by Gasteiger charge is -2.25. The number of hydrogen-bond acceptors (Lipinski definition) is 5. The number of nitrogens with two attached hydrogens (primary N) is 1. The number of quaternary nitrogens is 1. The summed E-state index contributed by atoms with van der Waals surface area (Å²) < 4.78 is 10.5. The number of rotatable bonds is 3. The molecule has 0 aliphatic carbocycles. The third kappa shape index (κ3) is 2.42. The van der Waals surface area contributed by atoms with E-state index in [9.17, 15) is 14.4 Å². The van der Waals surface area contributed by atoms with E-state index in [4.69, 9.17) is 9.15 Å². The maximum absolute atomic E-state index is 13.3. The van der Waals surface area contributed by atoms with Gasteiger partial charge in [0.1, 0.15) is 11.8 Å². The molecule has 2 N–H and O–H groups in total. The molecule has 2 saturated heterocycles. The summed E-state index contributed by atoms with van der Waals surface area (Å²) >= 11 is 0. The summed E-state index contributed by atoms with van der Waals surface area (Å²) in [5, 5.41) is 1.73. The lowest BCUT2D eigenvalue weighted by Crippen LogP contribution is -2.97. The summed E-state index contributed by atoms with van der Waals surface area (Å²) in [5.41, 5.74) is 0.331. The van der Waals surface area contributed by atoms with Gasteiger partial charge in [-0.3, -0.25) is 9.59 Å². The number of anilines is 1. The number of fused-ring (bicyclic) bond motifs is 1. The fourth-order valence-corrected chi connectivity index (χ4v) is 4.37. The van der Waals surface area contributed by atoms with E-state index in [0.717, 1.165) is 5.56 Å².